The molecule has 0 amide bonds. The van der Waals surface area contributed by atoms with Crippen LogP contribution in [0.25, 0.3) is 0 Å². The second kappa shape index (κ2) is 7.24. The Balaban J connectivity index is 0.000000260. The zero-order valence-corrected chi connectivity index (χ0v) is 19.0. The van der Waals surface area contributed by atoms with E-state index in [0.717, 1.165) is 11.4 Å². The lowest BCUT2D eigenvalue weighted by molar-refractivity contribution is 0.346. The molecule has 26 heavy (non-hydrogen) atoms. The lowest BCUT2D eigenvalue weighted by Crippen LogP contribution is -2.22. The highest BCUT2D eigenvalue weighted by molar-refractivity contribution is 5.17. The van der Waals surface area contributed by atoms with Crippen molar-refractivity contribution in [2.45, 2.75) is 100 Å². The van der Waals surface area contributed by atoms with Crippen LogP contribution in [0, 0.1) is 10.8 Å². The van der Waals surface area contributed by atoms with Gasteiger partial charge in [-0.25, -0.2) is 4.68 Å². The third-order valence-corrected chi connectivity index (χ3v) is 4.21. The molecular formula is C21H39N5. The highest BCUT2D eigenvalue weighted by atomic mass is 15.4. The summed E-state index contributed by atoms with van der Waals surface area (Å²) in [6, 6.07) is 0.252. The summed E-state index contributed by atoms with van der Waals surface area (Å²) >= 11 is 0. The average Bonchev–Trinajstić information content (AvgIpc) is 3.06. The van der Waals surface area contributed by atoms with Crippen molar-refractivity contribution >= 4 is 0 Å². The van der Waals surface area contributed by atoms with Gasteiger partial charge in [0, 0.05) is 17.0 Å². The third kappa shape index (κ3) is 6.33. The quantitative estimate of drug-likeness (QED) is 0.558. The molecule has 1 aromatic rings. The van der Waals surface area contributed by atoms with E-state index in [1.807, 2.05) is 10.9 Å². The second-order valence-corrected chi connectivity index (χ2v) is 11.3. The standard InChI is InChI=1S/C11H20N2.C10H19N3/c1-10(2,3)8-7-9(13-12-8)11(4,5)6;1-9(2,3)8-7-13(12-11-8)10(4,5)6/h7-8H,1-6H3;7H,1-6H3. The molecule has 5 heteroatoms. The summed E-state index contributed by atoms with van der Waals surface area (Å²) in [4.78, 5) is 0. The van der Waals surface area contributed by atoms with E-state index in [9.17, 15) is 0 Å². The summed E-state index contributed by atoms with van der Waals surface area (Å²) < 4.78 is 1.91. The van der Waals surface area contributed by atoms with Gasteiger partial charge in [-0.3, -0.25) is 0 Å². The number of aromatic nitrogens is 3. The monoisotopic (exact) mass is 361 g/mol. The third-order valence-electron chi connectivity index (χ3n) is 4.21. The molecule has 1 atom stereocenters. The molecule has 148 valence electrons. The Morgan fingerprint density at radius 3 is 1.58 bits per heavy atom. The first-order valence-electron chi connectivity index (χ1n) is 9.49. The van der Waals surface area contributed by atoms with Crippen LogP contribution in [0.5, 0.6) is 0 Å². The van der Waals surface area contributed by atoms with Gasteiger partial charge in [-0.2, -0.15) is 10.2 Å². The normalized spacial score (nSPS) is 18.5. The molecule has 0 aromatic carbocycles. The van der Waals surface area contributed by atoms with Gasteiger partial charge in [0.25, 0.3) is 0 Å². The largest absolute Gasteiger partial charge is 0.247 e. The summed E-state index contributed by atoms with van der Waals surface area (Å²) in [7, 11) is 0. The summed E-state index contributed by atoms with van der Waals surface area (Å²) in [5, 5.41) is 16.8. The molecule has 1 aliphatic heterocycles. The van der Waals surface area contributed by atoms with Gasteiger partial charge < -0.3 is 0 Å². The van der Waals surface area contributed by atoms with Gasteiger partial charge in [0.2, 0.25) is 0 Å². The first-order chi connectivity index (χ1) is 11.4. The maximum absolute atomic E-state index is 4.29. The minimum Gasteiger partial charge on any atom is -0.247 e. The zero-order chi connectivity index (χ0) is 20.6. The van der Waals surface area contributed by atoms with Crippen molar-refractivity contribution in [3.05, 3.63) is 23.7 Å². The molecular weight excluding hydrogens is 322 g/mol. The smallest absolute Gasteiger partial charge is 0.0962 e. The van der Waals surface area contributed by atoms with Gasteiger partial charge in [-0.15, -0.1) is 5.10 Å². The first kappa shape index (κ1) is 22.5. The summed E-state index contributed by atoms with van der Waals surface area (Å²) in [5.74, 6) is 0. The van der Waals surface area contributed by atoms with Crippen molar-refractivity contribution in [2.24, 2.45) is 21.1 Å². The van der Waals surface area contributed by atoms with Crippen molar-refractivity contribution in [3.63, 3.8) is 0 Å². The number of nitrogens with zero attached hydrogens (tertiary/aromatic N) is 5. The average molecular weight is 362 g/mol. The molecule has 0 radical (unpaired) electrons. The van der Waals surface area contributed by atoms with E-state index in [-0.39, 0.29) is 27.8 Å². The number of hydrogen-bond acceptors (Lipinski definition) is 4. The second-order valence-electron chi connectivity index (χ2n) is 11.3. The molecule has 2 heterocycles. The molecule has 0 aliphatic carbocycles. The molecule has 0 spiro atoms. The number of allylic oxidation sites excluding steroid dienone is 1. The van der Waals surface area contributed by atoms with Crippen molar-refractivity contribution in [1.82, 2.24) is 15.0 Å². The van der Waals surface area contributed by atoms with Gasteiger partial charge in [0.05, 0.1) is 23.0 Å². The topological polar surface area (TPSA) is 55.4 Å². The van der Waals surface area contributed by atoms with E-state index < -0.39 is 0 Å². The fourth-order valence-electron chi connectivity index (χ4n) is 2.10. The van der Waals surface area contributed by atoms with E-state index >= 15 is 0 Å². The molecule has 1 aliphatic rings. The molecule has 0 bridgehead atoms. The van der Waals surface area contributed by atoms with Crippen LogP contribution < -0.4 is 0 Å². The highest BCUT2D eigenvalue weighted by Crippen LogP contribution is 2.36. The van der Waals surface area contributed by atoms with E-state index in [1.54, 1.807) is 0 Å². The van der Waals surface area contributed by atoms with Crippen molar-refractivity contribution in [2.75, 3.05) is 0 Å². The molecule has 1 aromatic heterocycles. The maximum atomic E-state index is 4.29. The Bertz CT molecular complexity index is 624. The van der Waals surface area contributed by atoms with E-state index in [2.05, 4.69) is 110 Å². The Hall–Kier alpha value is -1.52. The Morgan fingerprint density at radius 1 is 0.808 bits per heavy atom. The Morgan fingerprint density at radius 2 is 1.35 bits per heavy atom. The fourth-order valence-corrected chi connectivity index (χ4v) is 2.10. The highest BCUT2D eigenvalue weighted by Gasteiger charge is 2.30. The van der Waals surface area contributed by atoms with Gasteiger partial charge in [0.1, 0.15) is 0 Å². The van der Waals surface area contributed by atoms with E-state index in [0.29, 0.717) is 0 Å². The van der Waals surface area contributed by atoms with Gasteiger partial charge in [-0.1, -0.05) is 67.5 Å². The SMILES string of the molecule is CC(C)(C)C1=CC(C(C)(C)C)N=N1.CC(C)(C)c1cn(C(C)(C)C)nn1. The Labute approximate surface area is 160 Å². The van der Waals surface area contributed by atoms with Gasteiger partial charge in [0.15, 0.2) is 0 Å². The van der Waals surface area contributed by atoms with Crippen LogP contribution in [0.4, 0.5) is 0 Å². The fraction of sp³-hybridized carbons (Fsp3) is 0.810. The number of azo groups is 1. The lowest BCUT2D eigenvalue weighted by atomic mass is 9.84. The summed E-state index contributed by atoms with van der Waals surface area (Å²) in [6.07, 6.45) is 4.22. The van der Waals surface area contributed by atoms with Crippen molar-refractivity contribution < 1.29 is 0 Å². The van der Waals surface area contributed by atoms with Crippen LogP contribution >= 0.6 is 0 Å². The van der Waals surface area contributed by atoms with Crippen LogP contribution in [0.15, 0.2) is 28.2 Å². The molecule has 0 fully saturated rings. The van der Waals surface area contributed by atoms with Gasteiger partial charge in [-0.05, 0) is 32.3 Å². The number of rotatable bonds is 0. The molecule has 0 N–H and O–H groups in total. The summed E-state index contributed by atoms with van der Waals surface area (Å²) in [6.45, 7) is 25.9. The zero-order valence-electron chi connectivity index (χ0n) is 19.0. The predicted octanol–water partition coefficient (Wildman–Crippen LogP) is 6.13. The minimum atomic E-state index is 0.0243. The van der Waals surface area contributed by atoms with Crippen LogP contribution in [0.3, 0.4) is 0 Å². The molecule has 1 unspecified atom stereocenters. The van der Waals surface area contributed by atoms with Crippen LogP contribution in [-0.4, -0.2) is 21.0 Å². The minimum absolute atomic E-state index is 0.0243. The molecule has 0 saturated carbocycles. The van der Waals surface area contributed by atoms with Crippen LogP contribution in [0.1, 0.15) is 88.8 Å². The van der Waals surface area contributed by atoms with Crippen molar-refractivity contribution in [3.8, 4) is 0 Å². The molecule has 5 nitrogen and oxygen atoms in total. The lowest BCUT2D eigenvalue weighted by Gasteiger charge is -2.21. The van der Waals surface area contributed by atoms with E-state index in [1.165, 1.54) is 0 Å². The van der Waals surface area contributed by atoms with Crippen LogP contribution in [0.2, 0.25) is 0 Å². The Kier molecular flexibility index (Phi) is 6.27. The maximum Gasteiger partial charge on any atom is 0.0962 e. The van der Waals surface area contributed by atoms with Gasteiger partial charge >= 0.3 is 0 Å². The van der Waals surface area contributed by atoms with E-state index in [4.69, 9.17) is 0 Å². The predicted molar refractivity (Wildman–Crippen MR) is 109 cm³/mol. The molecule has 0 saturated heterocycles. The number of hydrogen-bond donors (Lipinski definition) is 0. The van der Waals surface area contributed by atoms with Crippen molar-refractivity contribution in [1.29, 1.82) is 0 Å². The summed E-state index contributed by atoms with van der Waals surface area (Å²) in [5.41, 5.74) is 2.59. The molecule has 2 rings (SSSR count). The first-order valence-corrected chi connectivity index (χ1v) is 9.49. The van der Waals surface area contributed by atoms with Crippen LogP contribution in [-0.2, 0) is 11.0 Å².